The van der Waals surface area contributed by atoms with Gasteiger partial charge in [0.1, 0.15) is 0 Å². The van der Waals surface area contributed by atoms with Gasteiger partial charge in [0.2, 0.25) is 5.91 Å². The van der Waals surface area contributed by atoms with Crippen LogP contribution in [0.15, 0.2) is 0 Å². The number of amides is 1. The van der Waals surface area contributed by atoms with Crippen LogP contribution < -0.4 is 11.1 Å². The largest absolute Gasteiger partial charge is 0.381 e. The SMILES string of the molecule is CSC1(CNC(=O)C2C3CCC(C3)C2N)CCOCC1.Cl. The minimum atomic E-state index is 0. The second kappa shape index (κ2) is 7.07. The number of thioether (sulfide) groups is 1. The van der Waals surface area contributed by atoms with Gasteiger partial charge in [-0.15, -0.1) is 12.4 Å². The topological polar surface area (TPSA) is 64.4 Å². The Balaban J connectivity index is 0.00000161. The van der Waals surface area contributed by atoms with Gasteiger partial charge in [0, 0.05) is 30.5 Å². The Kier molecular flexibility index (Phi) is 5.85. The number of carbonyl (C=O) groups excluding carboxylic acids is 1. The summed E-state index contributed by atoms with van der Waals surface area (Å²) in [5, 5.41) is 3.21. The van der Waals surface area contributed by atoms with Gasteiger partial charge < -0.3 is 15.8 Å². The predicted molar refractivity (Wildman–Crippen MR) is 88.9 cm³/mol. The molecule has 2 bridgehead atoms. The molecule has 122 valence electrons. The summed E-state index contributed by atoms with van der Waals surface area (Å²) >= 11 is 1.87. The molecule has 21 heavy (non-hydrogen) atoms. The van der Waals surface area contributed by atoms with Crippen LogP contribution in [0.1, 0.15) is 32.1 Å². The Bertz CT molecular complexity index is 375. The van der Waals surface area contributed by atoms with Gasteiger partial charge in [0.05, 0.1) is 5.92 Å². The summed E-state index contributed by atoms with van der Waals surface area (Å²) in [4.78, 5) is 12.5. The lowest BCUT2D eigenvalue weighted by atomic mass is 9.84. The van der Waals surface area contributed by atoms with E-state index in [1.54, 1.807) is 0 Å². The van der Waals surface area contributed by atoms with Gasteiger partial charge >= 0.3 is 0 Å². The second-order valence-corrected chi connectivity index (χ2v) is 7.93. The molecule has 1 saturated heterocycles. The number of hydrogen-bond donors (Lipinski definition) is 2. The predicted octanol–water partition coefficient (Wildman–Crippen LogP) is 1.81. The molecule has 3 aliphatic rings. The molecule has 2 saturated carbocycles. The molecule has 4 unspecified atom stereocenters. The van der Waals surface area contributed by atoms with Crippen molar-refractivity contribution in [2.75, 3.05) is 26.0 Å². The third-order valence-corrected chi connectivity index (χ3v) is 7.12. The quantitative estimate of drug-likeness (QED) is 0.823. The van der Waals surface area contributed by atoms with Crippen LogP contribution >= 0.6 is 24.2 Å². The highest BCUT2D eigenvalue weighted by Gasteiger charge is 2.49. The fourth-order valence-corrected chi connectivity index (χ4v) is 5.08. The highest BCUT2D eigenvalue weighted by Crippen LogP contribution is 2.47. The fourth-order valence-electron chi connectivity index (χ4n) is 4.29. The first-order valence-corrected chi connectivity index (χ1v) is 9.04. The smallest absolute Gasteiger partial charge is 0.225 e. The molecule has 3 N–H and O–H groups in total. The first kappa shape index (κ1) is 17.4. The molecule has 3 fully saturated rings. The molecular formula is C15H27ClN2O2S. The van der Waals surface area contributed by atoms with Gasteiger partial charge in [-0.05, 0) is 50.2 Å². The van der Waals surface area contributed by atoms with Crippen LogP contribution in [0.3, 0.4) is 0 Å². The number of carbonyl (C=O) groups is 1. The molecular weight excluding hydrogens is 308 g/mol. The van der Waals surface area contributed by atoms with E-state index in [1.807, 2.05) is 11.8 Å². The lowest BCUT2D eigenvalue weighted by molar-refractivity contribution is -0.127. The third kappa shape index (κ3) is 3.36. The zero-order chi connectivity index (χ0) is 14.2. The summed E-state index contributed by atoms with van der Waals surface area (Å²) in [5.41, 5.74) is 6.25. The average molecular weight is 335 g/mol. The molecule has 0 aromatic heterocycles. The minimum absolute atomic E-state index is 0. The van der Waals surface area contributed by atoms with E-state index in [2.05, 4.69) is 11.6 Å². The Hall–Kier alpha value is 0.0300. The van der Waals surface area contributed by atoms with Crippen molar-refractivity contribution in [3.63, 3.8) is 0 Å². The van der Waals surface area contributed by atoms with Gasteiger partial charge in [-0.2, -0.15) is 11.8 Å². The van der Waals surface area contributed by atoms with Crippen LogP contribution in [0.25, 0.3) is 0 Å². The summed E-state index contributed by atoms with van der Waals surface area (Å²) in [6.45, 7) is 2.38. The normalized spacial score (nSPS) is 37.0. The minimum Gasteiger partial charge on any atom is -0.381 e. The summed E-state index contributed by atoms with van der Waals surface area (Å²) in [6, 6.07) is 0.0914. The zero-order valence-corrected chi connectivity index (χ0v) is 14.3. The van der Waals surface area contributed by atoms with E-state index in [1.165, 1.54) is 19.3 Å². The van der Waals surface area contributed by atoms with E-state index in [0.717, 1.165) is 32.6 Å². The van der Waals surface area contributed by atoms with Crippen LogP contribution in [0, 0.1) is 17.8 Å². The van der Waals surface area contributed by atoms with Gasteiger partial charge in [0.15, 0.2) is 0 Å². The Morgan fingerprint density at radius 1 is 1.33 bits per heavy atom. The van der Waals surface area contributed by atoms with Crippen molar-refractivity contribution >= 4 is 30.1 Å². The maximum atomic E-state index is 12.5. The fraction of sp³-hybridized carbons (Fsp3) is 0.933. The summed E-state index contributed by atoms with van der Waals surface area (Å²) in [5.74, 6) is 1.39. The van der Waals surface area contributed by atoms with Crippen LogP contribution in [0.2, 0.25) is 0 Å². The van der Waals surface area contributed by atoms with E-state index < -0.39 is 0 Å². The molecule has 0 aromatic carbocycles. The summed E-state index contributed by atoms with van der Waals surface area (Å²) in [7, 11) is 0. The second-order valence-electron chi connectivity index (χ2n) is 6.65. The molecule has 6 heteroatoms. The number of hydrogen-bond acceptors (Lipinski definition) is 4. The summed E-state index contributed by atoms with van der Waals surface area (Å²) in [6.07, 6.45) is 7.77. The number of ether oxygens (including phenoxy) is 1. The first-order valence-electron chi connectivity index (χ1n) is 7.81. The molecule has 2 aliphatic carbocycles. The van der Waals surface area contributed by atoms with E-state index in [4.69, 9.17) is 10.5 Å². The molecule has 4 atom stereocenters. The van der Waals surface area contributed by atoms with Crippen molar-refractivity contribution in [2.45, 2.75) is 42.9 Å². The van der Waals surface area contributed by atoms with Gasteiger partial charge in [0.25, 0.3) is 0 Å². The average Bonchev–Trinajstić information content (AvgIpc) is 3.07. The van der Waals surface area contributed by atoms with Crippen LogP contribution in [-0.4, -0.2) is 42.7 Å². The third-order valence-electron chi connectivity index (χ3n) is 5.71. The van der Waals surface area contributed by atoms with E-state index in [9.17, 15) is 4.79 Å². The molecule has 0 spiro atoms. The highest BCUT2D eigenvalue weighted by atomic mass is 35.5. The zero-order valence-electron chi connectivity index (χ0n) is 12.7. The first-order chi connectivity index (χ1) is 9.65. The van der Waals surface area contributed by atoms with Crippen molar-refractivity contribution in [2.24, 2.45) is 23.5 Å². The molecule has 1 amide bonds. The van der Waals surface area contributed by atoms with Crippen LogP contribution in [-0.2, 0) is 9.53 Å². The number of nitrogens with two attached hydrogens (primary N) is 1. The van der Waals surface area contributed by atoms with Gasteiger partial charge in [-0.25, -0.2) is 0 Å². The maximum absolute atomic E-state index is 12.5. The van der Waals surface area contributed by atoms with Gasteiger partial charge in [-0.1, -0.05) is 0 Å². The molecule has 1 heterocycles. The van der Waals surface area contributed by atoms with Crippen molar-refractivity contribution in [3.8, 4) is 0 Å². The van der Waals surface area contributed by atoms with Crippen LogP contribution in [0.4, 0.5) is 0 Å². The van der Waals surface area contributed by atoms with Crippen molar-refractivity contribution < 1.29 is 9.53 Å². The molecule has 3 rings (SSSR count). The van der Waals surface area contributed by atoms with E-state index >= 15 is 0 Å². The Morgan fingerprint density at radius 2 is 2.00 bits per heavy atom. The van der Waals surface area contributed by atoms with Crippen molar-refractivity contribution in [1.29, 1.82) is 0 Å². The monoisotopic (exact) mass is 334 g/mol. The number of rotatable bonds is 4. The Morgan fingerprint density at radius 3 is 2.57 bits per heavy atom. The lowest BCUT2D eigenvalue weighted by Gasteiger charge is -2.36. The molecule has 0 aromatic rings. The number of fused-ring (bicyclic) bond motifs is 2. The Labute approximate surface area is 137 Å². The lowest BCUT2D eigenvalue weighted by Crippen LogP contribution is -2.50. The van der Waals surface area contributed by atoms with Crippen molar-refractivity contribution in [1.82, 2.24) is 5.32 Å². The van der Waals surface area contributed by atoms with Gasteiger partial charge in [-0.3, -0.25) is 4.79 Å². The molecule has 0 radical (unpaired) electrons. The highest BCUT2D eigenvalue weighted by molar-refractivity contribution is 8.00. The van der Waals surface area contributed by atoms with E-state index in [0.29, 0.717) is 11.8 Å². The standard InChI is InChI=1S/C15H26N2O2S.ClH/c1-20-15(4-6-19-7-5-15)9-17-14(18)12-10-2-3-11(8-10)13(12)16;/h10-13H,2-9,16H2,1H3,(H,17,18);1H. The maximum Gasteiger partial charge on any atom is 0.225 e. The van der Waals surface area contributed by atoms with Crippen LogP contribution in [0.5, 0.6) is 0 Å². The molecule has 1 aliphatic heterocycles. The van der Waals surface area contributed by atoms with Crippen molar-refractivity contribution in [3.05, 3.63) is 0 Å². The van der Waals surface area contributed by atoms with E-state index in [-0.39, 0.29) is 35.0 Å². The molecule has 4 nitrogen and oxygen atoms in total. The summed E-state index contributed by atoms with van der Waals surface area (Å²) < 4.78 is 5.61. The number of nitrogens with one attached hydrogen (secondary N) is 1. The number of halogens is 1.